The van der Waals surface area contributed by atoms with Crippen molar-refractivity contribution in [2.24, 2.45) is 5.92 Å². The fourth-order valence-corrected chi connectivity index (χ4v) is 2.02. The maximum absolute atomic E-state index is 11.3. The predicted molar refractivity (Wildman–Crippen MR) is 62.7 cm³/mol. The molecule has 1 unspecified atom stereocenters. The number of carbonyl (C=O) groups excluding carboxylic acids is 1. The van der Waals surface area contributed by atoms with Crippen LogP contribution in [0, 0.1) is 5.92 Å². The van der Waals surface area contributed by atoms with Crippen molar-refractivity contribution in [3.05, 3.63) is 12.7 Å². The van der Waals surface area contributed by atoms with Crippen LogP contribution in [0.5, 0.6) is 0 Å². The molecule has 0 aromatic heterocycles. The lowest BCUT2D eigenvalue weighted by molar-refractivity contribution is -0.121. The van der Waals surface area contributed by atoms with E-state index in [-0.39, 0.29) is 5.91 Å². The molecule has 3 nitrogen and oxygen atoms in total. The van der Waals surface area contributed by atoms with Gasteiger partial charge in [0.15, 0.2) is 0 Å². The predicted octanol–water partition coefficient (Wildman–Crippen LogP) is 1.41. The average Bonchev–Trinajstić information content (AvgIpc) is 2.23. The summed E-state index contributed by atoms with van der Waals surface area (Å²) in [6.07, 6.45) is 4.93. The quantitative estimate of drug-likeness (QED) is 0.696. The summed E-state index contributed by atoms with van der Waals surface area (Å²) < 4.78 is 0. The minimum Gasteiger partial charge on any atom is -0.353 e. The van der Waals surface area contributed by atoms with Crippen LogP contribution in [-0.2, 0) is 4.79 Å². The van der Waals surface area contributed by atoms with Gasteiger partial charge in [0.1, 0.15) is 0 Å². The van der Waals surface area contributed by atoms with Gasteiger partial charge >= 0.3 is 0 Å². The standard InChI is InChI=1S/C12H22N2O/c1-3-7-13-12(15)6-9-14-8-4-5-11(2)10-14/h3,11H,1,4-10H2,2H3,(H,13,15). The Morgan fingerprint density at radius 3 is 3.13 bits per heavy atom. The van der Waals surface area contributed by atoms with Crippen LogP contribution in [0.2, 0.25) is 0 Å². The van der Waals surface area contributed by atoms with E-state index in [4.69, 9.17) is 0 Å². The number of nitrogens with zero attached hydrogens (tertiary/aromatic N) is 1. The van der Waals surface area contributed by atoms with E-state index in [1.165, 1.54) is 12.8 Å². The Labute approximate surface area is 92.5 Å². The summed E-state index contributed by atoms with van der Waals surface area (Å²) in [6.45, 7) is 9.62. The molecule has 0 aliphatic carbocycles. The van der Waals surface area contributed by atoms with E-state index < -0.39 is 0 Å². The number of likely N-dealkylation sites (tertiary alicyclic amines) is 1. The molecule has 0 radical (unpaired) electrons. The third kappa shape index (κ3) is 4.98. The van der Waals surface area contributed by atoms with Crippen molar-refractivity contribution in [1.29, 1.82) is 0 Å². The molecule has 3 heteroatoms. The summed E-state index contributed by atoms with van der Waals surface area (Å²) in [5.74, 6) is 0.920. The van der Waals surface area contributed by atoms with Gasteiger partial charge in [-0.3, -0.25) is 4.79 Å². The van der Waals surface area contributed by atoms with Gasteiger partial charge in [-0.25, -0.2) is 0 Å². The first-order valence-corrected chi connectivity index (χ1v) is 5.82. The highest BCUT2D eigenvalue weighted by atomic mass is 16.1. The van der Waals surface area contributed by atoms with Crippen LogP contribution < -0.4 is 5.32 Å². The van der Waals surface area contributed by atoms with Crippen LogP contribution >= 0.6 is 0 Å². The molecule has 1 aliphatic heterocycles. The molecule has 15 heavy (non-hydrogen) atoms. The van der Waals surface area contributed by atoms with Gasteiger partial charge in [0.05, 0.1) is 0 Å². The second-order valence-corrected chi connectivity index (χ2v) is 4.39. The highest BCUT2D eigenvalue weighted by Gasteiger charge is 2.16. The average molecular weight is 210 g/mol. The summed E-state index contributed by atoms with van der Waals surface area (Å²) in [5.41, 5.74) is 0. The van der Waals surface area contributed by atoms with Crippen LogP contribution in [0.15, 0.2) is 12.7 Å². The van der Waals surface area contributed by atoms with Gasteiger partial charge < -0.3 is 10.2 Å². The summed E-state index contributed by atoms with van der Waals surface area (Å²) in [5, 5.41) is 2.80. The van der Waals surface area contributed by atoms with Gasteiger partial charge in [0, 0.05) is 26.1 Å². The summed E-state index contributed by atoms with van der Waals surface area (Å²) >= 11 is 0. The van der Waals surface area contributed by atoms with E-state index in [1.54, 1.807) is 6.08 Å². The molecule has 1 atom stereocenters. The first-order valence-electron chi connectivity index (χ1n) is 5.82. The van der Waals surface area contributed by atoms with E-state index in [0.29, 0.717) is 13.0 Å². The molecule has 0 saturated carbocycles. The zero-order chi connectivity index (χ0) is 11.1. The molecule has 1 aliphatic rings. The van der Waals surface area contributed by atoms with Gasteiger partial charge in [-0.05, 0) is 25.3 Å². The molecule has 0 aromatic rings. The Morgan fingerprint density at radius 1 is 1.67 bits per heavy atom. The zero-order valence-electron chi connectivity index (χ0n) is 9.67. The largest absolute Gasteiger partial charge is 0.353 e. The van der Waals surface area contributed by atoms with Crippen LogP contribution in [-0.4, -0.2) is 37.0 Å². The number of nitrogens with one attached hydrogen (secondary N) is 1. The Morgan fingerprint density at radius 2 is 2.47 bits per heavy atom. The molecule has 1 heterocycles. The second kappa shape index (κ2) is 6.62. The maximum Gasteiger partial charge on any atom is 0.221 e. The van der Waals surface area contributed by atoms with E-state index in [9.17, 15) is 4.79 Å². The Hall–Kier alpha value is -0.830. The monoisotopic (exact) mass is 210 g/mol. The van der Waals surface area contributed by atoms with Crippen molar-refractivity contribution in [2.75, 3.05) is 26.2 Å². The fraction of sp³-hybridized carbons (Fsp3) is 0.750. The molecule has 1 N–H and O–H groups in total. The van der Waals surface area contributed by atoms with Crippen LogP contribution in [0.25, 0.3) is 0 Å². The lowest BCUT2D eigenvalue weighted by atomic mass is 10.0. The molecule has 0 bridgehead atoms. The van der Waals surface area contributed by atoms with E-state index in [0.717, 1.165) is 25.6 Å². The molecule has 1 rings (SSSR count). The molecule has 1 fully saturated rings. The Kier molecular flexibility index (Phi) is 5.40. The lowest BCUT2D eigenvalue weighted by Gasteiger charge is -2.30. The van der Waals surface area contributed by atoms with Crippen LogP contribution in [0.3, 0.4) is 0 Å². The summed E-state index contributed by atoms with van der Waals surface area (Å²) in [6, 6.07) is 0. The van der Waals surface area contributed by atoms with Crippen molar-refractivity contribution < 1.29 is 4.79 Å². The number of amides is 1. The smallest absolute Gasteiger partial charge is 0.221 e. The molecular formula is C12H22N2O. The van der Waals surface area contributed by atoms with Crippen molar-refractivity contribution in [3.63, 3.8) is 0 Å². The van der Waals surface area contributed by atoms with Crippen molar-refractivity contribution in [3.8, 4) is 0 Å². The highest BCUT2D eigenvalue weighted by molar-refractivity contribution is 5.76. The number of piperidine rings is 1. The van der Waals surface area contributed by atoms with E-state index in [1.807, 2.05) is 0 Å². The minimum absolute atomic E-state index is 0.133. The number of hydrogen-bond donors (Lipinski definition) is 1. The molecule has 0 aromatic carbocycles. The van der Waals surface area contributed by atoms with Gasteiger partial charge in [-0.1, -0.05) is 13.0 Å². The molecule has 1 amide bonds. The first-order chi connectivity index (χ1) is 7.22. The molecule has 86 valence electrons. The summed E-state index contributed by atoms with van der Waals surface area (Å²) in [4.78, 5) is 13.7. The minimum atomic E-state index is 0.133. The van der Waals surface area contributed by atoms with E-state index in [2.05, 4.69) is 23.7 Å². The molecule has 1 saturated heterocycles. The second-order valence-electron chi connectivity index (χ2n) is 4.39. The van der Waals surface area contributed by atoms with Crippen molar-refractivity contribution in [2.45, 2.75) is 26.2 Å². The topological polar surface area (TPSA) is 32.3 Å². The van der Waals surface area contributed by atoms with Crippen LogP contribution in [0.1, 0.15) is 26.2 Å². The zero-order valence-corrected chi connectivity index (χ0v) is 9.67. The van der Waals surface area contributed by atoms with Crippen molar-refractivity contribution in [1.82, 2.24) is 10.2 Å². The van der Waals surface area contributed by atoms with E-state index >= 15 is 0 Å². The summed E-state index contributed by atoms with van der Waals surface area (Å²) in [7, 11) is 0. The highest BCUT2D eigenvalue weighted by Crippen LogP contribution is 2.15. The number of rotatable bonds is 5. The maximum atomic E-state index is 11.3. The van der Waals surface area contributed by atoms with Crippen LogP contribution in [0.4, 0.5) is 0 Å². The third-order valence-electron chi connectivity index (χ3n) is 2.84. The van der Waals surface area contributed by atoms with Crippen molar-refractivity contribution >= 4 is 5.91 Å². The van der Waals surface area contributed by atoms with Gasteiger partial charge in [0.2, 0.25) is 5.91 Å². The SMILES string of the molecule is C=CCNC(=O)CCN1CCCC(C)C1. The first kappa shape index (κ1) is 12.2. The van der Waals surface area contributed by atoms with Gasteiger partial charge in [0.25, 0.3) is 0 Å². The third-order valence-corrected chi connectivity index (χ3v) is 2.84. The Bertz CT molecular complexity index is 216. The Balaban J connectivity index is 2.12. The normalized spacial score (nSPS) is 22.3. The van der Waals surface area contributed by atoms with Gasteiger partial charge in [-0.15, -0.1) is 6.58 Å². The lowest BCUT2D eigenvalue weighted by Crippen LogP contribution is -2.37. The van der Waals surface area contributed by atoms with Gasteiger partial charge in [-0.2, -0.15) is 0 Å². The molecule has 0 spiro atoms. The molecular weight excluding hydrogens is 188 g/mol. The number of hydrogen-bond acceptors (Lipinski definition) is 2. The fourth-order valence-electron chi connectivity index (χ4n) is 2.02. The number of carbonyl (C=O) groups is 1.